The van der Waals surface area contributed by atoms with Gasteiger partial charge in [0.1, 0.15) is 10.7 Å². The molecule has 0 fully saturated rings. The fourth-order valence-electron chi connectivity index (χ4n) is 2.44. The van der Waals surface area contributed by atoms with Gasteiger partial charge in [-0.25, -0.2) is 0 Å². The summed E-state index contributed by atoms with van der Waals surface area (Å²) in [5, 5.41) is 14.2. The minimum Gasteiger partial charge on any atom is -0.390 e. The lowest BCUT2D eigenvalue weighted by molar-refractivity contribution is -0.418. The van der Waals surface area contributed by atoms with Crippen LogP contribution >= 0.6 is 24.4 Å². The van der Waals surface area contributed by atoms with Crippen LogP contribution in [0.25, 0.3) is 0 Å². The molecule has 0 bridgehead atoms. The minimum atomic E-state index is -1.09. The lowest BCUT2D eigenvalue weighted by atomic mass is 9.97. The summed E-state index contributed by atoms with van der Waals surface area (Å²) in [7, 11) is 1.45. The number of rotatable bonds is 4. The zero-order valence-electron chi connectivity index (χ0n) is 12.0. The van der Waals surface area contributed by atoms with Crippen molar-refractivity contribution in [2.45, 2.75) is 32.4 Å². The third kappa shape index (κ3) is 2.81. The fraction of sp³-hybridized carbons (Fsp3) is 0.545. The third-order valence-corrected chi connectivity index (χ3v) is 3.78. The normalized spacial score (nSPS) is 24.0. The van der Waals surface area contributed by atoms with E-state index in [-0.39, 0.29) is 27.3 Å². The molecule has 0 saturated heterocycles. The van der Waals surface area contributed by atoms with Crippen LogP contribution in [0.2, 0.25) is 0 Å². The Hall–Kier alpha value is -1.81. The fourth-order valence-corrected chi connectivity index (χ4v) is 2.98. The molecule has 0 spiro atoms. The van der Waals surface area contributed by atoms with Gasteiger partial charge in [-0.3, -0.25) is 20.0 Å². The maximum absolute atomic E-state index is 11.3. The predicted octanol–water partition coefficient (Wildman–Crippen LogP) is 0.454. The number of nitrogens with zero attached hydrogens (tertiary/aromatic N) is 3. The first-order chi connectivity index (χ1) is 9.72. The maximum Gasteiger partial charge on any atom is 0.330 e. The van der Waals surface area contributed by atoms with E-state index in [4.69, 9.17) is 35.9 Å². The average Bonchev–Trinajstić information content (AvgIpc) is 2.36. The van der Waals surface area contributed by atoms with Crippen molar-refractivity contribution >= 4 is 40.4 Å². The summed E-state index contributed by atoms with van der Waals surface area (Å²) in [5.74, 6) is 0.103. The maximum atomic E-state index is 11.3. The van der Waals surface area contributed by atoms with Gasteiger partial charge in [0.05, 0.1) is 4.92 Å². The van der Waals surface area contributed by atoms with Gasteiger partial charge in [-0.05, 0) is 25.6 Å². The molecule has 1 heterocycles. The Bertz CT molecular complexity index is 559. The smallest absolute Gasteiger partial charge is 0.330 e. The lowest BCUT2D eigenvalue weighted by Gasteiger charge is -2.47. The Labute approximate surface area is 133 Å². The molecule has 1 unspecified atom stereocenters. The summed E-state index contributed by atoms with van der Waals surface area (Å²) in [4.78, 5) is 16.2. The van der Waals surface area contributed by atoms with Crippen molar-refractivity contribution in [3.63, 3.8) is 0 Å². The Balaban J connectivity index is 3.67. The van der Waals surface area contributed by atoms with Crippen molar-refractivity contribution in [2.75, 3.05) is 7.05 Å². The van der Waals surface area contributed by atoms with Gasteiger partial charge < -0.3 is 16.8 Å². The van der Waals surface area contributed by atoms with E-state index in [1.807, 2.05) is 6.92 Å². The Morgan fingerprint density at radius 3 is 2.43 bits per heavy atom. The number of nitrogens with two attached hydrogens (primary N) is 2. The molecule has 1 atom stereocenters. The van der Waals surface area contributed by atoms with Crippen LogP contribution in [0.5, 0.6) is 0 Å². The summed E-state index contributed by atoms with van der Waals surface area (Å²) >= 11 is 10.2. The van der Waals surface area contributed by atoms with Gasteiger partial charge in [0.25, 0.3) is 0 Å². The summed E-state index contributed by atoms with van der Waals surface area (Å²) in [6, 6.07) is 0. The van der Waals surface area contributed by atoms with Crippen molar-refractivity contribution < 1.29 is 4.92 Å². The highest BCUT2D eigenvalue weighted by atomic mass is 32.1. The predicted molar refractivity (Wildman–Crippen MR) is 89.2 cm³/mol. The zero-order valence-corrected chi connectivity index (χ0v) is 13.7. The van der Waals surface area contributed by atoms with E-state index in [9.17, 15) is 10.1 Å². The first-order valence-electron chi connectivity index (χ1n) is 6.23. The van der Waals surface area contributed by atoms with Crippen molar-refractivity contribution in [2.24, 2.45) is 16.5 Å². The number of amidine groups is 1. The molecule has 0 saturated carbocycles. The number of nitro groups is 1. The SMILES string of the molecule is CCCC1(C(N)=S)NC(=NC)C([N+](=O)[O-])=C(C)N1C(N)=S. The van der Waals surface area contributed by atoms with Crippen LogP contribution in [0.15, 0.2) is 16.4 Å². The first-order valence-corrected chi connectivity index (χ1v) is 7.04. The first kappa shape index (κ1) is 17.2. The molecule has 1 rings (SSSR count). The average molecular weight is 330 g/mol. The highest BCUT2D eigenvalue weighted by Crippen LogP contribution is 2.30. The number of hydrogen-bond acceptors (Lipinski definition) is 5. The van der Waals surface area contributed by atoms with E-state index in [1.165, 1.54) is 11.9 Å². The van der Waals surface area contributed by atoms with Crippen molar-refractivity contribution in [3.8, 4) is 0 Å². The Kier molecular flexibility index (Phi) is 5.18. The molecule has 0 radical (unpaired) electrons. The van der Waals surface area contributed by atoms with Gasteiger partial charge in [-0.1, -0.05) is 25.6 Å². The Morgan fingerprint density at radius 2 is 2.10 bits per heavy atom. The van der Waals surface area contributed by atoms with Crippen molar-refractivity contribution in [3.05, 3.63) is 21.5 Å². The highest BCUT2D eigenvalue weighted by Gasteiger charge is 2.49. The van der Waals surface area contributed by atoms with Crippen LogP contribution in [0.3, 0.4) is 0 Å². The van der Waals surface area contributed by atoms with Crippen molar-refractivity contribution in [1.29, 1.82) is 0 Å². The standard InChI is InChI=1S/C11H18N6O2S2/c1-4-5-11(9(12)20)15-8(14-3)7(17(18)19)6(2)16(11)10(13)21/h4-5H2,1-3H3,(H2,12,20)(H2,13,21)(H,14,15). The van der Waals surface area contributed by atoms with Crippen LogP contribution in [-0.4, -0.2) is 38.5 Å². The summed E-state index contributed by atoms with van der Waals surface area (Å²) in [5.41, 5.74) is 10.6. The summed E-state index contributed by atoms with van der Waals surface area (Å²) in [6.07, 6.45) is 1.18. The third-order valence-electron chi connectivity index (χ3n) is 3.26. The van der Waals surface area contributed by atoms with Gasteiger partial charge in [0.2, 0.25) is 5.84 Å². The molecule has 0 aliphatic carbocycles. The molecular formula is C11H18N6O2S2. The van der Waals surface area contributed by atoms with Crippen LogP contribution < -0.4 is 16.8 Å². The molecule has 0 aromatic heterocycles. The second-order valence-corrected chi connectivity index (χ2v) is 5.39. The topological polar surface area (TPSA) is 123 Å². The monoisotopic (exact) mass is 330 g/mol. The van der Waals surface area contributed by atoms with Gasteiger partial charge in [0, 0.05) is 7.05 Å². The van der Waals surface area contributed by atoms with E-state index < -0.39 is 10.6 Å². The molecule has 8 nitrogen and oxygen atoms in total. The van der Waals surface area contributed by atoms with Crippen LogP contribution in [0.4, 0.5) is 0 Å². The summed E-state index contributed by atoms with van der Waals surface area (Å²) in [6.45, 7) is 3.48. The molecule has 116 valence electrons. The van der Waals surface area contributed by atoms with E-state index in [0.29, 0.717) is 12.8 Å². The molecule has 1 aliphatic rings. The molecule has 0 amide bonds. The Morgan fingerprint density at radius 1 is 1.52 bits per heavy atom. The van der Waals surface area contributed by atoms with E-state index in [1.54, 1.807) is 6.92 Å². The molecule has 10 heteroatoms. The van der Waals surface area contributed by atoms with Gasteiger partial charge >= 0.3 is 5.70 Å². The molecule has 1 aliphatic heterocycles. The molecule has 5 N–H and O–H groups in total. The zero-order chi connectivity index (χ0) is 16.4. The lowest BCUT2D eigenvalue weighted by Crippen LogP contribution is -2.71. The van der Waals surface area contributed by atoms with Gasteiger partial charge in [-0.2, -0.15) is 0 Å². The van der Waals surface area contributed by atoms with E-state index in [2.05, 4.69) is 10.3 Å². The van der Waals surface area contributed by atoms with Gasteiger partial charge in [-0.15, -0.1) is 0 Å². The van der Waals surface area contributed by atoms with E-state index >= 15 is 0 Å². The quantitative estimate of drug-likeness (QED) is 0.386. The molecule has 21 heavy (non-hydrogen) atoms. The second-order valence-electron chi connectivity index (χ2n) is 4.54. The largest absolute Gasteiger partial charge is 0.390 e. The van der Waals surface area contributed by atoms with Crippen LogP contribution in [-0.2, 0) is 0 Å². The van der Waals surface area contributed by atoms with Crippen molar-refractivity contribution in [1.82, 2.24) is 10.2 Å². The molecular weight excluding hydrogens is 312 g/mol. The van der Waals surface area contributed by atoms with E-state index in [0.717, 1.165) is 0 Å². The minimum absolute atomic E-state index is 0.0456. The number of nitrogens with one attached hydrogen (secondary N) is 1. The van der Waals surface area contributed by atoms with Crippen LogP contribution in [0.1, 0.15) is 26.7 Å². The number of thiocarbonyl (C=S) groups is 2. The van der Waals surface area contributed by atoms with Crippen LogP contribution in [0, 0.1) is 10.1 Å². The number of hydrogen-bond donors (Lipinski definition) is 3. The number of aliphatic imine (C=N–C) groups is 1. The molecule has 0 aromatic rings. The number of allylic oxidation sites excluding steroid dienone is 1. The van der Waals surface area contributed by atoms with Gasteiger partial charge in [0.15, 0.2) is 10.8 Å². The highest BCUT2D eigenvalue weighted by molar-refractivity contribution is 7.80. The molecule has 0 aromatic carbocycles. The summed E-state index contributed by atoms with van der Waals surface area (Å²) < 4.78 is 0. The second kappa shape index (κ2) is 6.31.